The van der Waals surface area contributed by atoms with Crippen molar-refractivity contribution >= 4 is 17.0 Å². The zero-order valence-corrected chi connectivity index (χ0v) is 11.3. The van der Waals surface area contributed by atoms with Crippen LogP contribution < -0.4 is 5.73 Å². The molecular weight excluding hydrogens is 262 g/mol. The molecule has 8 heteroatoms. The van der Waals surface area contributed by atoms with Crippen LogP contribution in [0.1, 0.15) is 24.3 Å². The van der Waals surface area contributed by atoms with Crippen molar-refractivity contribution in [3.05, 3.63) is 11.6 Å². The van der Waals surface area contributed by atoms with Gasteiger partial charge in [0.1, 0.15) is 17.8 Å². The van der Waals surface area contributed by atoms with Gasteiger partial charge in [0.05, 0.1) is 12.7 Å². The van der Waals surface area contributed by atoms with Gasteiger partial charge < -0.3 is 20.7 Å². The zero-order chi connectivity index (χ0) is 14.4. The molecule has 3 atom stereocenters. The number of nitrogen functional groups attached to an aromatic ring is 1. The lowest BCUT2D eigenvalue weighted by Crippen LogP contribution is -2.21. The van der Waals surface area contributed by atoms with E-state index in [2.05, 4.69) is 15.0 Å². The third-order valence-electron chi connectivity index (χ3n) is 3.48. The Labute approximate surface area is 115 Å². The van der Waals surface area contributed by atoms with Crippen LogP contribution >= 0.6 is 0 Å². The maximum atomic E-state index is 10.1. The van der Waals surface area contributed by atoms with Gasteiger partial charge in [0.25, 0.3) is 0 Å². The third-order valence-corrected chi connectivity index (χ3v) is 3.48. The van der Waals surface area contributed by atoms with Gasteiger partial charge in [-0.25, -0.2) is 15.0 Å². The summed E-state index contributed by atoms with van der Waals surface area (Å²) in [6, 6.07) is 0. The highest BCUT2D eigenvalue weighted by Gasteiger charge is 2.37. The minimum Gasteiger partial charge on any atom is -0.394 e. The summed E-state index contributed by atoms with van der Waals surface area (Å²) in [6.45, 7) is 3.40. The van der Waals surface area contributed by atoms with Crippen LogP contribution in [0, 0.1) is 13.8 Å². The Kier molecular flexibility index (Phi) is 3.08. The van der Waals surface area contributed by atoms with Gasteiger partial charge >= 0.3 is 0 Å². The standard InChI is InChI=1S/C12H17N5O3/c1-5-14-10(13)9-11(15-5)17(6(2)16-9)12-8(19)3-7(4-18)20-12/h7-8,12,18-19H,3-4H2,1-2H3,(H2,13,14,15)/t7-,8-,12+/m0/s1. The van der Waals surface area contributed by atoms with Crippen LogP contribution in [0.3, 0.4) is 0 Å². The van der Waals surface area contributed by atoms with E-state index in [-0.39, 0.29) is 12.7 Å². The minimum atomic E-state index is -0.722. The maximum Gasteiger partial charge on any atom is 0.168 e. The summed E-state index contributed by atoms with van der Waals surface area (Å²) in [5.74, 6) is 1.47. The van der Waals surface area contributed by atoms with Gasteiger partial charge in [-0.15, -0.1) is 0 Å². The van der Waals surface area contributed by atoms with E-state index in [4.69, 9.17) is 15.6 Å². The quantitative estimate of drug-likeness (QED) is 0.688. The van der Waals surface area contributed by atoms with Crippen molar-refractivity contribution < 1.29 is 14.9 Å². The van der Waals surface area contributed by atoms with E-state index in [1.54, 1.807) is 18.4 Å². The second-order valence-corrected chi connectivity index (χ2v) is 4.99. The van der Waals surface area contributed by atoms with Gasteiger partial charge in [0, 0.05) is 6.42 Å². The first kappa shape index (κ1) is 13.2. The fraction of sp³-hybridized carbons (Fsp3) is 0.583. The highest BCUT2D eigenvalue weighted by atomic mass is 16.5. The molecule has 0 spiro atoms. The number of hydrogen-bond acceptors (Lipinski definition) is 7. The first-order valence-electron chi connectivity index (χ1n) is 6.44. The van der Waals surface area contributed by atoms with Crippen molar-refractivity contribution in [2.75, 3.05) is 12.3 Å². The lowest BCUT2D eigenvalue weighted by Gasteiger charge is -2.18. The van der Waals surface area contributed by atoms with E-state index in [1.807, 2.05) is 0 Å². The molecule has 0 saturated carbocycles. The van der Waals surface area contributed by atoms with Crippen molar-refractivity contribution in [1.29, 1.82) is 0 Å². The maximum absolute atomic E-state index is 10.1. The Morgan fingerprint density at radius 1 is 1.35 bits per heavy atom. The Hall–Kier alpha value is -1.77. The smallest absolute Gasteiger partial charge is 0.168 e. The predicted molar refractivity (Wildman–Crippen MR) is 70.8 cm³/mol. The van der Waals surface area contributed by atoms with Gasteiger partial charge in [-0.05, 0) is 13.8 Å². The normalized spacial score (nSPS) is 26.5. The second-order valence-electron chi connectivity index (χ2n) is 4.99. The number of hydrogen-bond donors (Lipinski definition) is 3. The Bertz CT molecular complexity index is 656. The fourth-order valence-corrected chi connectivity index (χ4v) is 2.60. The molecule has 20 heavy (non-hydrogen) atoms. The molecule has 2 aromatic heterocycles. The highest BCUT2D eigenvalue weighted by molar-refractivity contribution is 5.82. The molecule has 0 radical (unpaired) electrons. The average Bonchev–Trinajstić information content (AvgIpc) is 2.89. The molecule has 0 unspecified atom stereocenters. The van der Waals surface area contributed by atoms with Crippen LogP contribution in [0.2, 0.25) is 0 Å². The zero-order valence-electron chi connectivity index (χ0n) is 11.3. The van der Waals surface area contributed by atoms with E-state index in [1.165, 1.54) is 0 Å². The minimum absolute atomic E-state index is 0.130. The van der Waals surface area contributed by atoms with Crippen LogP contribution in [-0.4, -0.2) is 48.5 Å². The number of nitrogens with zero attached hydrogens (tertiary/aromatic N) is 4. The van der Waals surface area contributed by atoms with E-state index in [0.717, 1.165) is 0 Å². The monoisotopic (exact) mass is 279 g/mol. The molecule has 2 aromatic rings. The van der Waals surface area contributed by atoms with Gasteiger partial charge in [-0.3, -0.25) is 4.57 Å². The molecule has 0 aliphatic carbocycles. The Morgan fingerprint density at radius 3 is 2.75 bits per heavy atom. The molecule has 108 valence electrons. The topological polar surface area (TPSA) is 119 Å². The van der Waals surface area contributed by atoms with E-state index in [0.29, 0.717) is 35.1 Å². The van der Waals surface area contributed by atoms with Gasteiger partial charge in [0.2, 0.25) is 0 Å². The SMILES string of the molecule is Cc1nc(N)c2nc(C)n([C@@H]3O[C@H](CO)C[C@@H]3O)c2n1. The largest absolute Gasteiger partial charge is 0.394 e. The number of rotatable bonds is 2. The number of ether oxygens (including phenoxy) is 1. The third kappa shape index (κ3) is 1.92. The van der Waals surface area contributed by atoms with E-state index >= 15 is 0 Å². The van der Waals surface area contributed by atoms with Gasteiger partial charge in [-0.2, -0.15) is 0 Å². The van der Waals surface area contributed by atoms with Gasteiger partial charge in [-0.1, -0.05) is 0 Å². The Morgan fingerprint density at radius 2 is 2.10 bits per heavy atom. The molecule has 1 saturated heterocycles. The predicted octanol–water partition coefficient (Wildman–Crippen LogP) is -0.334. The number of aromatic nitrogens is 4. The van der Waals surface area contributed by atoms with Crippen molar-refractivity contribution in [2.24, 2.45) is 0 Å². The summed E-state index contributed by atoms with van der Waals surface area (Å²) in [7, 11) is 0. The lowest BCUT2D eigenvalue weighted by molar-refractivity contribution is -0.0496. The molecule has 0 amide bonds. The number of anilines is 1. The van der Waals surface area contributed by atoms with Crippen molar-refractivity contribution in [3.63, 3.8) is 0 Å². The van der Waals surface area contributed by atoms with Crippen molar-refractivity contribution in [2.45, 2.75) is 38.7 Å². The summed E-state index contributed by atoms with van der Waals surface area (Å²) in [5, 5.41) is 19.3. The van der Waals surface area contributed by atoms with Crippen LogP contribution in [0.4, 0.5) is 5.82 Å². The summed E-state index contributed by atoms with van der Waals surface area (Å²) in [6.07, 6.45) is -1.35. The molecule has 4 N–H and O–H groups in total. The highest BCUT2D eigenvalue weighted by Crippen LogP contribution is 2.32. The van der Waals surface area contributed by atoms with E-state index in [9.17, 15) is 5.11 Å². The molecule has 8 nitrogen and oxygen atoms in total. The molecule has 1 aliphatic rings. The average molecular weight is 279 g/mol. The molecule has 1 aliphatic heterocycles. The summed E-state index contributed by atoms with van der Waals surface area (Å²) < 4.78 is 7.37. The second kappa shape index (κ2) is 4.65. The number of aryl methyl sites for hydroxylation is 2. The first-order valence-corrected chi connectivity index (χ1v) is 6.44. The Balaban J connectivity index is 2.14. The van der Waals surface area contributed by atoms with Crippen molar-refractivity contribution in [1.82, 2.24) is 19.5 Å². The molecule has 3 heterocycles. The molecule has 0 bridgehead atoms. The first-order chi connectivity index (χ1) is 9.51. The summed E-state index contributed by atoms with van der Waals surface area (Å²) in [4.78, 5) is 12.8. The number of aliphatic hydroxyl groups is 2. The summed E-state index contributed by atoms with van der Waals surface area (Å²) >= 11 is 0. The van der Waals surface area contributed by atoms with E-state index < -0.39 is 12.3 Å². The van der Waals surface area contributed by atoms with Crippen LogP contribution in [-0.2, 0) is 4.74 Å². The number of fused-ring (bicyclic) bond motifs is 1. The number of imidazole rings is 1. The van der Waals surface area contributed by atoms with Crippen LogP contribution in [0.5, 0.6) is 0 Å². The van der Waals surface area contributed by atoms with Crippen LogP contribution in [0.15, 0.2) is 0 Å². The molecule has 0 aromatic carbocycles. The number of aliphatic hydroxyl groups excluding tert-OH is 2. The number of nitrogens with two attached hydrogens (primary N) is 1. The molecule has 1 fully saturated rings. The van der Waals surface area contributed by atoms with Crippen LogP contribution in [0.25, 0.3) is 11.2 Å². The van der Waals surface area contributed by atoms with Crippen molar-refractivity contribution in [3.8, 4) is 0 Å². The fourth-order valence-electron chi connectivity index (χ4n) is 2.60. The van der Waals surface area contributed by atoms with Gasteiger partial charge in [0.15, 0.2) is 23.2 Å². The lowest BCUT2D eigenvalue weighted by atomic mass is 10.2. The molecule has 3 rings (SSSR count). The molecular formula is C12H17N5O3. The summed E-state index contributed by atoms with van der Waals surface area (Å²) in [5.41, 5.74) is 6.89.